The number of hydrogen-bond donors (Lipinski definition) is 3. The van der Waals surface area contributed by atoms with Crippen molar-refractivity contribution in [1.82, 2.24) is 10.3 Å². The number of anilines is 3. The van der Waals surface area contributed by atoms with Gasteiger partial charge in [-0.1, -0.05) is 6.07 Å². The van der Waals surface area contributed by atoms with E-state index in [2.05, 4.69) is 25.2 Å². The second-order valence-corrected chi connectivity index (χ2v) is 8.26. The van der Waals surface area contributed by atoms with E-state index >= 15 is 0 Å². The molecule has 150 valence electrons. The minimum atomic E-state index is -3.42. The first-order valence-electron chi connectivity index (χ1n) is 8.73. The van der Waals surface area contributed by atoms with Crippen molar-refractivity contribution in [2.24, 2.45) is 0 Å². The van der Waals surface area contributed by atoms with Crippen LogP contribution in [0.1, 0.15) is 6.42 Å². The third-order valence-electron chi connectivity index (χ3n) is 4.25. The van der Waals surface area contributed by atoms with E-state index in [9.17, 15) is 13.2 Å². The highest BCUT2D eigenvalue weighted by Crippen LogP contribution is 2.28. The molecule has 0 bridgehead atoms. The minimum Gasteiger partial charge on any atom is -0.495 e. The number of amides is 2. The molecule has 0 aliphatic carbocycles. The van der Waals surface area contributed by atoms with Gasteiger partial charge < -0.3 is 20.3 Å². The van der Waals surface area contributed by atoms with Crippen molar-refractivity contribution in [3.63, 3.8) is 0 Å². The number of aromatic nitrogens is 1. The third kappa shape index (κ3) is 5.26. The number of sulfonamides is 1. The molecule has 0 radical (unpaired) electrons. The molecule has 1 aliphatic rings. The topological polar surface area (TPSA) is 113 Å². The number of methoxy groups -OCH3 is 1. The minimum absolute atomic E-state index is 0.0228. The molecule has 28 heavy (non-hydrogen) atoms. The van der Waals surface area contributed by atoms with Gasteiger partial charge in [-0.2, -0.15) is 0 Å². The van der Waals surface area contributed by atoms with E-state index in [0.29, 0.717) is 23.7 Å². The lowest BCUT2D eigenvalue weighted by atomic mass is 10.2. The summed E-state index contributed by atoms with van der Waals surface area (Å²) < 4.78 is 30.4. The SMILES string of the molecule is COc1ccc(NS(C)(=O)=O)cc1NC(=O)NC1CCN(c2ccccn2)C1. The number of hydrogen-bond acceptors (Lipinski definition) is 6. The molecule has 2 heterocycles. The van der Waals surface area contributed by atoms with Gasteiger partial charge in [0.05, 0.1) is 24.7 Å². The van der Waals surface area contributed by atoms with Crippen LogP contribution in [0.2, 0.25) is 0 Å². The van der Waals surface area contributed by atoms with Crippen molar-refractivity contribution >= 4 is 33.2 Å². The van der Waals surface area contributed by atoms with Crippen molar-refractivity contribution in [3.05, 3.63) is 42.6 Å². The highest BCUT2D eigenvalue weighted by Gasteiger charge is 2.25. The predicted octanol–water partition coefficient (Wildman–Crippen LogP) is 1.86. The Morgan fingerprint density at radius 1 is 1.29 bits per heavy atom. The molecule has 9 nitrogen and oxygen atoms in total. The fourth-order valence-electron chi connectivity index (χ4n) is 3.05. The first-order chi connectivity index (χ1) is 13.3. The van der Waals surface area contributed by atoms with Crippen LogP contribution in [-0.4, -0.2) is 51.9 Å². The lowest BCUT2D eigenvalue weighted by Gasteiger charge is -2.18. The van der Waals surface area contributed by atoms with Gasteiger partial charge in [-0.15, -0.1) is 0 Å². The van der Waals surface area contributed by atoms with Crippen LogP contribution in [0, 0.1) is 0 Å². The van der Waals surface area contributed by atoms with Gasteiger partial charge in [0.25, 0.3) is 0 Å². The smallest absolute Gasteiger partial charge is 0.319 e. The molecule has 3 N–H and O–H groups in total. The van der Waals surface area contributed by atoms with Gasteiger partial charge in [-0.05, 0) is 36.8 Å². The summed E-state index contributed by atoms with van der Waals surface area (Å²) in [6.45, 7) is 1.47. The number of ether oxygens (including phenoxy) is 1. The number of nitrogens with one attached hydrogen (secondary N) is 3. The van der Waals surface area contributed by atoms with Crippen LogP contribution in [0.25, 0.3) is 0 Å². The zero-order chi connectivity index (χ0) is 20.1. The van der Waals surface area contributed by atoms with E-state index in [4.69, 9.17) is 4.74 Å². The van der Waals surface area contributed by atoms with Crippen molar-refractivity contribution in [1.29, 1.82) is 0 Å². The normalized spacial score (nSPS) is 16.5. The average molecular weight is 405 g/mol. The molecule has 0 spiro atoms. The number of nitrogens with zero attached hydrogens (tertiary/aromatic N) is 2. The standard InChI is InChI=1S/C18H23N5O4S/c1-27-16-7-6-13(22-28(2,25)26)11-15(16)21-18(24)20-14-8-10-23(12-14)17-5-3-4-9-19-17/h3-7,9,11,14,22H,8,10,12H2,1-2H3,(H2,20,21,24). The molecule has 2 aromatic rings. The first-order valence-corrected chi connectivity index (χ1v) is 10.6. The van der Waals surface area contributed by atoms with Crippen LogP contribution in [-0.2, 0) is 10.0 Å². The zero-order valence-corrected chi connectivity index (χ0v) is 16.5. The lowest BCUT2D eigenvalue weighted by Crippen LogP contribution is -2.39. The Kier molecular flexibility index (Phi) is 5.88. The Hall–Kier alpha value is -3.01. The number of pyridine rings is 1. The van der Waals surface area contributed by atoms with E-state index in [0.717, 1.165) is 25.0 Å². The molecular weight excluding hydrogens is 382 g/mol. The summed E-state index contributed by atoms with van der Waals surface area (Å²) >= 11 is 0. The maximum absolute atomic E-state index is 12.4. The largest absolute Gasteiger partial charge is 0.495 e. The fraction of sp³-hybridized carbons (Fsp3) is 0.333. The van der Waals surface area contributed by atoms with Gasteiger partial charge in [0.2, 0.25) is 10.0 Å². The highest BCUT2D eigenvalue weighted by molar-refractivity contribution is 7.92. The van der Waals surface area contributed by atoms with E-state index in [1.165, 1.54) is 13.2 Å². The molecular formula is C18H23N5O4S. The molecule has 1 aromatic carbocycles. The summed E-state index contributed by atoms with van der Waals surface area (Å²) in [6, 6.07) is 9.98. The van der Waals surface area contributed by atoms with Gasteiger partial charge >= 0.3 is 6.03 Å². The summed E-state index contributed by atoms with van der Waals surface area (Å²) in [5.41, 5.74) is 0.703. The van der Waals surface area contributed by atoms with Gasteiger partial charge in [-0.3, -0.25) is 4.72 Å². The van der Waals surface area contributed by atoms with E-state index in [1.54, 1.807) is 18.3 Å². The van der Waals surface area contributed by atoms with Crippen LogP contribution in [0.3, 0.4) is 0 Å². The summed E-state index contributed by atoms with van der Waals surface area (Å²) in [6.07, 6.45) is 3.61. The lowest BCUT2D eigenvalue weighted by molar-refractivity contribution is 0.249. The Labute approximate surface area is 164 Å². The molecule has 10 heteroatoms. The molecule has 1 aliphatic heterocycles. The molecule has 1 saturated heterocycles. The van der Waals surface area contributed by atoms with Crippen LogP contribution in [0.4, 0.5) is 22.0 Å². The zero-order valence-electron chi connectivity index (χ0n) is 15.7. The molecule has 2 amide bonds. The first kappa shape index (κ1) is 19.7. The van der Waals surface area contributed by atoms with Crippen LogP contribution < -0.4 is 25.0 Å². The maximum atomic E-state index is 12.4. The Morgan fingerprint density at radius 2 is 2.11 bits per heavy atom. The molecule has 1 unspecified atom stereocenters. The van der Waals surface area contributed by atoms with Crippen molar-refractivity contribution in [3.8, 4) is 5.75 Å². The van der Waals surface area contributed by atoms with Crippen LogP contribution in [0.5, 0.6) is 5.75 Å². The van der Waals surface area contributed by atoms with Crippen molar-refractivity contribution in [2.75, 3.05) is 41.4 Å². The Morgan fingerprint density at radius 3 is 2.79 bits per heavy atom. The molecule has 1 fully saturated rings. The summed E-state index contributed by atoms with van der Waals surface area (Å²) in [4.78, 5) is 18.9. The van der Waals surface area contributed by atoms with E-state index in [-0.39, 0.29) is 12.1 Å². The van der Waals surface area contributed by atoms with Gasteiger partial charge in [0, 0.05) is 25.3 Å². The number of benzene rings is 1. The average Bonchev–Trinajstić information content (AvgIpc) is 3.10. The van der Waals surface area contributed by atoms with Gasteiger partial charge in [0.15, 0.2) is 0 Å². The summed E-state index contributed by atoms with van der Waals surface area (Å²) in [7, 11) is -1.95. The van der Waals surface area contributed by atoms with E-state index < -0.39 is 10.0 Å². The third-order valence-corrected chi connectivity index (χ3v) is 4.85. The second-order valence-electron chi connectivity index (χ2n) is 6.51. The molecule has 3 rings (SSSR count). The fourth-order valence-corrected chi connectivity index (χ4v) is 3.61. The molecule has 0 saturated carbocycles. The Balaban J connectivity index is 1.62. The molecule has 1 atom stereocenters. The maximum Gasteiger partial charge on any atom is 0.319 e. The van der Waals surface area contributed by atoms with Gasteiger partial charge in [-0.25, -0.2) is 18.2 Å². The van der Waals surface area contributed by atoms with Gasteiger partial charge in [0.1, 0.15) is 11.6 Å². The number of rotatable bonds is 6. The quantitative estimate of drug-likeness (QED) is 0.676. The number of urea groups is 1. The summed E-state index contributed by atoms with van der Waals surface area (Å²) in [5, 5.41) is 5.66. The van der Waals surface area contributed by atoms with Crippen molar-refractivity contribution in [2.45, 2.75) is 12.5 Å². The second kappa shape index (κ2) is 8.34. The number of carbonyl (C=O) groups is 1. The van der Waals surface area contributed by atoms with Crippen molar-refractivity contribution < 1.29 is 17.9 Å². The molecule has 1 aromatic heterocycles. The van der Waals surface area contributed by atoms with E-state index in [1.807, 2.05) is 18.2 Å². The Bertz CT molecular complexity index is 936. The predicted molar refractivity (Wildman–Crippen MR) is 108 cm³/mol. The highest BCUT2D eigenvalue weighted by atomic mass is 32.2. The number of carbonyl (C=O) groups excluding carboxylic acids is 1. The van der Waals surface area contributed by atoms with Crippen LogP contribution >= 0.6 is 0 Å². The summed E-state index contributed by atoms with van der Waals surface area (Å²) in [5.74, 6) is 1.31. The monoisotopic (exact) mass is 405 g/mol. The van der Waals surface area contributed by atoms with Crippen LogP contribution in [0.15, 0.2) is 42.6 Å².